The van der Waals surface area contributed by atoms with Crippen molar-refractivity contribution >= 4 is 11.4 Å². The van der Waals surface area contributed by atoms with Gasteiger partial charge in [0, 0.05) is 18.3 Å². The minimum atomic E-state index is -1.76. The van der Waals surface area contributed by atoms with E-state index in [0.717, 1.165) is 6.07 Å². The summed E-state index contributed by atoms with van der Waals surface area (Å²) in [5.41, 5.74) is -1.56. The minimum Gasteiger partial charge on any atom is -0.592 e. The second-order valence-corrected chi connectivity index (χ2v) is 7.62. The molecular formula is C18H15FN4O4S. The molecule has 1 aromatic carbocycles. The van der Waals surface area contributed by atoms with Crippen LogP contribution in [0.5, 0.6) is 5.75 Å². The Morgan fingerprint density at radius 1 is 1.36 bits per heavy atom. The molecule has 1 fully saturated rings. The first-order valence-corrected chi connectivity index (χ1v) is 9.23. The highest BCUT2D eigenvalue weighted by molar-refractivity contribution is 7.89. The summed E-state index contributed by atoms with van der Waals surface area (Å²) in [5, 5.41) is 38.1. The van der Waals surface area contributed by atoms with Gasteiger partial charge < -0.3 is 19.5 Å². The lowest BCUT2D eigenvalue weighted by atomic mass is 10.0. The summed E-state index contributed by atoms with van der Waals surface area (Å²) in [6, 6.07) is 10.2. The number of halogens is 1. The van der Waals surface area contributed by atoms with Gasteiger partial charge in [-0.25, -0.2) is 9.37 Å². The second-order valence-electron chi connectivity index (χ2n) is 6.19. The number of nitriles is 2. The second kappa shape index (κ2) is 8.10. The van der Waals surface area contributed by atoms with E-state index < -0.39 is 35.5 Å². The summed E-state index contributed by atoms with van der Waals surface area (Å²) in [7, 11) is 0. The van der Waals surface area contributed by atoms with Gasteiger partial charge in [0.15, 0.2) is 0 Å². The molecule has 0 spiro atoms. The van der Waals surface area contributed by atoms with Crippen molar-refractivity contribution in [2.24, 2.45) is 0 Å². The van der Waals surface area contributed by atoms with Gasteiger partial charge in [-0.1, -0.05) is 0 Å². The van der Waals surface area contributed by atoms with Gasteiger partial charge in [-0.2, -0.15) is 10.5 Å². The summed E-state index contributed by atoms with van der Waals surface area (Å²) in [5.74, 6) is -0.703. The number of hydrogen-bond acceptors (Lipinski definition) is 8. The summed E-state index contributed by atoms with van der Waals surface area (Å²) in [4.78, 5) is 3.98. The van der Waals surface area contributed by atoms with Gasteiger partial charge in [-0.05, 0) is 18.2 Å². The zero-order valence-corrected chi connectivity index (χ0v) is 15.3. The van der Waals surface area contributed by atoms with E-state index >= 15 is 0 Å². The smallest absolute Gasteiger partial charge is 0.265 e. The average Bonchev–Trinajstić information content (AvgIpc) is 3.04. The molecule has 0 aliphatic carbocycles. The van der Waals surface area contributed by atoms with E-state index in [2.05, 4.69) is 4.98 Å². The predicted octanol–water partition coefficient (Wildman–Crippen LogP) is 0.473. The summed E-state index contributed by atoms with van der Waals surface area (Å²) in [6.07, 6.45) is 0.293. The van der Waals surface area contributed by atoms with E-state index in [1.54, 1.807) is 6.07 Å². The van der Waals surface area contributed by atoms with E-state index in [-0.39, 0.29) is 29.4 Å². The highest BCUT2D eigenvalue weighted by Gasteiger charge is 2.51. The molecule has 2 N–H and O–H groups in total. The Hall–Kier alpha value is -2.73. The number of β-amino-alcohol motifs (C(OH)–C–C–N with tert-alkyl or cyclic N) is 1. The molecule has 0 bridgehead atoms. The SMILES string of the molecule is N#Cc1ccc([S+]([O-])N2C[C@H](Oc3ccc(C#N)c(F)c3)C(O)(CO)C2)nc1. The van der Waals surface area contributed by atoms with Crippen LogP contribution in [0.3, 0.4) is 0 Å². The number of ether oxygens (including phenoxy) is 1. The number of nitrogens with zero attached hydrogens (tertiary/aromatic N) is 4. The van der Waals surface area contributed by atoms with Crippen LogP contribution in [0, 0.1) is 28.5 Å². The van der Waals surface area contributed by atoms with E-state index in [9.17, 15) is 19.2 Å². The van der Waals surface area contributed by atoms with Crippen molar-refractivity contribution in [1.29, 1.82) is 10.5 Å². The Labute approximate surface area is 163 Å². The summed E-state index contributed by atoms with van der Waals surface area (Å²) in [6.45, 7) is -0.848. The Balaban J connectivity index is 1.78. The van der Waals surface area contributed by atoms with Crippen LogP contribution in [0.4, 0.5) is 4.39 Å². The van der Waals surface area contributed by atoms with Crippen LogP contribution in [0.1, 0.15) is 11.1 Å². The van der Waals surface area contributed by atoms with Crippen molar-refractivity contribution in [3.63, 3.8) is 0 Å². The molecule has 0 radical (unpaired) electrons. The lowest BCUT2D eigenvalue weighted by Gasteiger charge is -2.26. The molecule has 8 nitrogen and oxygen atoms in total. The molecule has 1 aromatic heterocycles. The standard InChI is InChI=1S/C18H15FN4O4S/c19-15-5-14(3-2-13(15)7-21)27-16-9-23(10-18(16,25)11-24)28(26)17-4-1-12(6-20)8-22-17/h1-5,8,16,24-25H,9-11H2/t16-,18?,28?/m0/s1. The lowest BCUT2D eigenvalue weighted by molar-refractivity contribution is -0.0641. The van der Waals surface area contributed by atoms with Gasteiger partial charge in [0.2, 0.25) is 0 Å². The molecule has 2 unspecified atom stereocenters. The number of hydrogen-bond donors (Lipinski definition) is 2. The fourth-order valence-corrected chi connectivity index (χ4v) is 3.96. The maximum Gasteiger partial charge on any atom is 0.265 e. The van der Waals surface area contributed by atoms with E-state index in [0.29, 0.717) is 5.56 Å². The number of pyridine rings is 1. The lowest BCUT2D eigenvalue weighted by Crippen LogP contribution is -2.48. The molecule has 0 saturated carbocycles. The molecule has 144 valence electrons. The highest BCUT2D eigenvalue weighted by atomic mass is 32.2. The van der Waals surface area contributed by atoms with E-state index in [4.69, 9.17) is 15.3 Å². The Kier molecular flexibility index (Phi) is 5.79. The molecule has 1 aliphatic heterocycles. The van der Waals surface area contributed by atoms with Crippen LogP contribution in [-0.4, -0.2) is 55.5 Å². The van der Waals surface area contributed by atoms with Crippen LogP contribution >= 0.6 is 0 Å². The number of rotatable bonds is 5. The van der Waals surface area contributed by atoms with Gasteiger partial charge in [-0.3, -0.25) is 0 Å². The summed E-state index contributed by atoms with van der Waals surface area (Å²) >= 11 is -1.76. The van der Waals surface area contributed by atoms with Gasteiger partial charge in [0.1, 0.15) is 46.8 Å². The number of aliphatic hydroxyl groups is 2. The number of aliphatic hydroxyl groups excluding tert-OH is 1. The van der Waals surface area contributed by atoms with Crippen LogP contribution in [0.15, 0.2) is 41.6 Å². The van der Waals surface area contributed by atoms with Crippen LogP contribution in [0.2, 0.25) is 0 Å². The number of aromatic nitrogens is 1. The third kappa shape index (κ3) is 3.92. The Bertz CT molecular complexity index is 946. The third-order valence-electron chi connectivity index (χ3n) is 4.31. The van der Waals surface area contributed by atoms with Crippen molar-refractivity contribution in [3.05, 3.63) is 53.5 Å². The van der Waals surface area contributed by atoms with Crippen LogP contribution in [-0.2, 0) is 11.4 Å². The Morgan fingerprint density at radius 2 is 2.14 bits per heavy atom. The largest absolute Gasteiger partial charge is 0.592 e. The van der Waals surface area contributed by atoms with Crippen molar-refractivity contribution in [3.8, 4) is 17.9 Å². The molecule has 10 heteroatoms. The van der Waals surface area contributed by atoms with Gasteiger partial charge in [-0.15, -0.1) is 4.31 Å². The van der Waals surface area contributed by atoms with Crippen molar-refractivity contribution in [2.45, 2.75) is 16.7 Å². The fraction of sp³-hybridized carbons (Fsp3) is 0.278. The first-order valence-electron chi connectivity index (χ1n) is 8.12. The predicted molar refractivity (Wildman–Crippen MR) is 94.5 cm³/mol. The molecule has 2 heterocycles. The Morgan fingerprint density at radius 3 is 2.71 bits per heavy atom. The highest BCUT2D eigenvalue weighted by Crippen LogP contribution is 2.30. The zero-order valence-electron chi connectivity index (χ0n) is 14.4. The third-order valence-corrected chi connectivity index (χ3v) is 5.66. The average molecular weight is 402 g/mol. The first-order chi connectivity index (χ1) is 13.4. The van der Waals surface area contributed by atoms with Crippen LogP contribution in [0.25, 0.3) is 0 Å². The first kappa shape index (κ1) is 20.0. The minimum absolute atomic E-state index is 0.0209. The maximum absolute atomic E-state index is 13.8. The molecule has 0 amide bonds. The maximum atomic E-state index is 13.8. The molecule has 1 saturated heterocycles. The van der Waals surface area contributed by atoms with Gasteiger partial charge >= 0.3 is 0 Å². The van der Waals surface area contributed by atoms with Crippen LogP contribution < -0.4 is 4.74 Å². The molecule has 28 heavy (non-hydrogen) atoms. The monoisotopic (exact) mass is 402 g/mol. The quantitative estimate of drug-likeness (QED) is 0.689. The van der Waals surface area contributed by atoms with E-state index in [1.165, 1.54) is 34.8 Å². The zero-order chi connectivity index (χ0) is 20.3. The molecular weight excluding hydrogens is 387 g/mol. The summed E-state index contributed by atoms with van der Waals surface area (Å²) < 4.78 is 33.5. The van der Waals surface area contributed by atoms with Gasteiger partial charge in [0.05, 0.1) is 30.8 Å². The van der Waals surface area contributed by atoms with Crippen molar-refractivity contribution in [2.75, 3.05) is 19.7 Å². The normalized spacial score (nSPS) is 23.0. The van der Waals surface area contributed by atoms with Crippen molar-refractivity contribution in [1.82, 2.24) is 9.29 Å². The molecule has 2 aromatic rings. The molecule has 3 atom stereocenters. The van der Waals surface area contributed by atoms with Gasteiger partial charge in [0.25, 0.3) is 5.03 Å². The van der Waals surface area contributed by atoms with E-state index in [1.807, 2.05) is 6.07 Å². The van der Waals surface area contributed by atoms with Crippen molar-refractivity contribution < 1.29 is 23.9 Å². The molecule has 3 rings (SSSR count). The number of benzene rings is 1. The fourth-order valence-electron chi connectivity index (χ4n) is 2.76. The molecule has 1 aliphatic rings. The topological polar surface area (TPSA) is 136 Å².